The lowest BCUT2D eigenvalue weighted by molar-refractivity contribution is 1.04. The highest BCUT2D eigenvalue weighted by atomic mass is 127. The van der Waals surface area contributed by atoms with E-state index in [0.29, 0.717) is 0 Å². The normalized spacial score (nSPS) is 10.7. The van der Waals surface area contributed by atoms with Crippen LogP contribution in [0, 0.1) is 3.70 Å². The third kappa shape index (κ3) is 1.18. The first-order chi connectivity index (χ1) is 5.29. The Hall–Kier alpha value is -0.100. The molecule has 11 heavy (non-hydrogen) atoms. The van der Waals surface area contributed by atoms with Crippen molar-refractivity contribution in [2.24, 2.45) is 0 Å². The van der Waals surface area contributed by atoms with Gasteiger partial charge >= 0.3 is 0 Å². The van der Waals surface area contributed by atoms with Gasteiger partial charge in [-0.05, 0) is 28.7 Å². The Morgan fingerprint density at radius 2 is 2.09 bits per heavy atom. The minimum absolute atomic E-state index is 1.02. The second-order valence-electron chi connectivity index (χ2n) is 2.17. The molecule has 1 aromatic heterocycles. The van der Waals surface area contributed by atoms with Gasteiger partial charge in [-0.3, -0.25) is 0 Å². The van der Waals surface area contributed by atoms with Crippen molar-refractivity contribution in [1.82, 2.24) is 8.81 Å². The van der Waals surface area contributed by atoms with Gasteiger partial charge in [-0.15, -0.1) is 0 Å². The molecule has 0 radical (unpaired) electrons. The van der Waals surface area contributed by atoms with Crippen LogP contribution in [0.2, 0.25) is 0 Å². The molecule has 0 bridgehead atoms. The molecule has 0 saturated heterocycles. The maximum Gasteiger partial charge on any atom is 0.132 e. The van der Waals surface area contributed by atoms with E-state index in [1.165, 1.54) is 5.39 Å². The number of aromatic nitrogens is 2. The molecule has 0 fully saturated rings. The summed E-state index contributed by atoms with van der Waals surface area (Å²) in [5.74, 6) is 0. The monoisotopic (exact) mass is 322 g/mol. The van der Waals surface area contributed by atoms with E-state index >= 15 is 0 Å². The van der Waals surface area contributed by atoms with Crippen molar-refractivity contribution in [3.05, 3.63) is 28.0 Å². The Kier molecular flexibility index (Phi) is 1.88. The standard InChI is InChI=1S/C7H4BrIN2/c8-11-6-4-2-1-3-5(6)7(9)10-11/h1-4H. The molecular weight excluding hydrogens is 319 g/mol. The van der Waals surface area contributed by atoms with E-state index in [9.17, 15) is 0 Å². The largest absolute Gasteiger partial charge is 0.196 e. The van der Waals surface area contributed by atoms with E-state index in [-0.39, 0.29) is 0 Å². The zero-order valence-corrected chi connectivity index (χ0v) is 9.20. The first-order valence-corrected chi connectivity index (χ1v) is 4.87. The third-order valence-corrected chi connectivity index (χ3v) is 2.84. The minimum Gasteiger partial charge on any atom is -0.196 e. The Morgan fingerprint density at radius 3 is 2.82 bits per heavy atom. The number of halogens is 2. The molecule has 2 nitrogen and oxygen atoms in total. The molecule has 1 aromatic carbocycles. The van der Waals surface area contributed by atoms with Crippen molar-refractivity contribution >= 4 is 49.6 Å². The first kappa shape index (κ1) is 7.54. The average molecular weight is 323 g/mol. The van der Waals surface area contributed by atoms with Gasteiger partial charge in [0.1, 0.15) is 3.70 Å². The number of hydrogen-bond donors (Lipinski definition) is 0. The van der Waals surface area contributed by atoms with Gasteiger partial charge in [-0.25, -0.2) is 0 Å². The van der Waals surface area contributed by atoms with Crippen LogP contribution in [0.3, 0.4) is 0 Å². The first-order valence-electron chi connectivity index (χ1n) is 3.08. The summed E-state index contributed by atoms with van der Waals surface area (Å²) in [6, 6.07) is 8.10. The van der Waals surface area contributed by atoms with Gasteiger partial charge in [0.2, 0.25) is 0 Å². The molecule has 2 aromatic rings. The minimum atomic E-state index is 1.02. The van der Waals surface area contributed by atoms with Crippen molar-refractivity contribution < 1.29 is 0 Å². The number of rotatable bonds is 0. The van der Waals surface area contributed by atoms with Gasteiger partial charge in [0.15, 0.2) is 0 Å². The number of benzene rings is 1. The lowest BCUT2D eigenvalue weighted by Crippen LogP contribution is -1.79. The van der Waals surface area contributed by atoms with Gasteiger partial charge in [-0.2, -0.15) is 8.81 Å². The molecule has 0 aliphatic heterocycles. The number of fused-ring (bicyclic) bond motifs is 1. The molecule has 56 valence electrons. The van der Waals surface area contributed by atoms with Crippen molar-refractivity contribution in [1.29, 1.82) is 0 Å². The summed E-state index contributed by atoms with van der Waals surface area (Å²) in [6.45, 7) is 0. The van der Waals surface area contributed by atoms with E-state index in [1.54, 1.807) is 3.71 Å². The topological polar surface area (TPSA) is 17.8 Å². The van der Waals surface area contributed by atoms with Crippen molar-refractivity contribution in [3.63, 3.8) is 0 Å². The summed E-state index contributed by atoms with van der Waals surface area (Å²) in [7, 11) is 0. The highest BCUT2D eigenvalue weighted by molar-refractivity contribution is 14.1. The maximum atomic E-state index is 4.21. The van der Waals surface area contributed by atoms with Crippen LogP contribution < -0.4 is 0 Å². The van der Waals surface area contributed by atoms with Crippen molar-refractivity contribution in [2.45, 2.75) is 0 Å². The fraction of sp³-hybridized carbons (Fsp3) is 0. The number of para-hydroxylation sites is 1. The van der Waals surface area contributed by atoms with E-state index < -0.39 is 0 Å². The molecule has 0 unspecified atom stereocenters. The van der Waals surface area contributed by atoms with Gasteiger partial charge in [0.25, 0.3) is 0 Å². The lowest BCUT2D eigenvalue weighted by atomic mass is 10.3. The summed E-state index contributed by atoms with van der Waals surface area (Å²) in [4.78, 5) is 0. The molecule has 0 N–H and O–H groups in total. The smallest absolute Gasteiger partial charge is 0.132 e. The quantitative estimate of drug-likeness (QED) is 0.682. The van der Waals surface area contributed by atoms with Gasteiger partial charge < -0.3 is 0 Å². The summed E-state index contributed by atoms with van der Waals surface area (Å²) in [5, 5.41) is 5.40. The van der Waals surface area contributed by atoms with Gasteiger partial charge in [0.05, 0.1) is 21.7 Å². The predicted molar refractivity (Wildman–Crippen MR) is 56.8 cm³/mol. The van der Waals surface area contributed by atoms with Crippen LogP contribution in [0.5, 0.6) is 0 Å². The lowest BCUT2D eigenvalue weighted by Gasteiger charge is -1.87. The van der Waals surface area contributed by atoms with Crippen LogP contribution in [-0.2, 0) is 0 Å². The molecule has 0 atom stereocenters. The average Bonchev–Trinajstić information content (AvgIpc) is 2.30. The molecule has 2 rings (SSSR count). The molecule has 0 amide bonds. The Bertz CT molecular complexity index is 360. The molecule has 0 aliphatic rings. The second kappa shape index (κ2) is 2.75. The summed E-state index contributed by atoms with van der Waals surface area (Å²) in [5.41, 5.74) is 1.11. The molecule has 1 heterocycles. The SMILES string of the molecule is Brn1nc(I)c2ccccc21. The van der Waals surface area contributed by atoms with Crippen LogP contribution in [0.4, 0.5) is 0 Å². The van der Waals surface area contributed by atoms with Gasteiger partial charge in [0, 0.05) is 5.39 Å². The fourth-order valence-corrected chi connectivity index (χ4v) is 2.43. The third-order valence-electron chi connectivity index (χ3n) is 1.50. The Labute approximate surface area is 86.1 Å². The van der Waals surface area contributed by atoms with Crippen LogP contribution in [0.1, 0.15) is 0 Å². The molecule has 0 aliphatic carbocycles. The van der Waals surface area contributed by atoms with Crippen molar-refractivity contribution in [3.8, 4) is 0 Å². The molecule has 0 saturated carbocycles. The zero-order valence-electron chi connectivity index (χ0n) is 5.46. The predicted octanol–water partition coefficient (Wildman–Crippen LogP) is 2.80. The van der Waals surface area contributed by atoms with E-state index in [4.69, 9.17) is 0 Å². The highest BCUT2D eigenvalue weighted by Crippen LogP contribution is 2.20. The fourth-order valence-electron chi connectivity index (χ4n) is 0.994. The van der Waals surface area contributed by atoms with Crippen molar-refractivity contribution in [2.75, 3.05) is 0 Å². The number of hydrogen-bond acceptors (Lipinski definition) is 1. The molecule has 4 heteroatoms. The van der Waals surface area contributed by atoms with Crippen LogP contribution in [-0.4, -0.2) is 8.81 Å². The number of nitrogens with zero attached hydrogens (tertiary/aromatic N) is 2. The Balaban J connectivity index is 2.95. The van der Waals surface area contributed by atoms with Gasteiger partial charge in [-0.1, -0.05) is 18.2 Å². The highest BCUT2D eigenvalue weighted by Gasteiger charge is 2.03. The maximum absolute atomic E-state index is 4.21. The molecule has 0 spiro atoms. The summed E-state index contributed by atoms with van der Waals surface area (Å²) in [6.07, 6.45) is 0. The molecular formula is C7H4BrIN2. The Morgan fingerprint density at radius 1 is 1.36 bits per heavy atom. The van der Waals surface area contributed by atoms with E-state index in [1.807, 2.05) is 18.2 Å². The summed E-state index contributed by atoms with van der Waals surface area (Å²) < 4.78 is 2.74. The summed E-state index contributed by atoms with van der Waals surface area (Å²) >= 11 is 5.54. The van der Waals surface area contributed by atoms with Crippen LogP contribution >= 0.6 is 38.7 Å². The van der Waals surface area contributed by atoms with Crippen LogP contribution in [0.25, 0.3) is 10.9 Å². The van der Waals surface area contributed by atoms with E-state index in [2.05, 4.69) is 49.9 Å². The van der Waals surface area contributed by atoms with Crippen LogP contribution in [0.15, 0.2) is 24.3 Å². The van der Waals surface area contributed by atoms with E-state index in [0.717, 1.165) is 9.22 Å². The second-order valence-corrected chi connectivity index (χ2v) is 3.86. The zero-order chi connectivity index (χ0) is 7.84.